The molecule has 2 N–H and O–H groups in total. The molecule has 0 aliphatic rings. The van der Waals surface area contributed by atoms with E-state index in [1.165, 1.54) is 6.29 Å². The highest BCUT2D eigenvalue weighted by Crippen LogP contribution is 2.02. The summed E-state index contributed by atoms with van der Waals surface area (Å²) in [6.45, 7) is 0. The molecule has 1 unspecified atom stereocenters. The molecule has 0 aliphatic carbocycles. The quantitative estimate of drug-likeness (QED) is 0.401. The molecule has 0 heterocycles. The van der Waals surface area contributed by atoms with E-state index in [4.69, 9.17) is 10.2 Å². The van der Waals surface area contributed by atoms with E-state index in [2.05, 4.69) is 0 Å². The van der Waals surface area contributed by atoms with E-state index in [1.807, 2.05) is 0 Å². The van der Waals surface area contributed by atoms with Crippen LogP contribution in [0.25, 0.3) is 0 Å². The average Bonchev–Trinajstić information content (AvgIpc) is 1.98. The number of hydrogen-bond donors (Lipinski definition) is 2. The first kappa shape index (κ1) is 10.3. The Hall–Kier alpha value is -1.72. The highest BCUT2D eigenvalue weighted by atomic mass is 16.4. The monoisotopic (exact) mass is 173 g/mol. The second-order valence-electron chi connectivity index (χ2n) is 1.91. The molecule has 0 aliphatic heterocycles. The summed E-state index contributed by atoms with van der Waals surface area (Å²) in [6, 6.07) is 0. The fourth-order valence-corrected chi connectivity index (χ4v) is 0.525. The number of hydrogen-bond acceptors (Lipinski definition) is 4. The third-order valence-corrected chi connectivity index (χ3v) is 1.11. The normalized spacial score (nSPS) is 11.7. The Morgan fingerprint density at radius 1 is 1.25 bits per heavy atom. The lowest BCUT2D eigenvalue weighted by Crippen LogP contribution is -2.30. The van der Waals surface area contributed by atoms with Crippen molar-refractivity contribution in [2.75, 3.05) is 0 Å². The number of aliphatic carboxylic acids is 2. The molecule has 0 rings (SSSR count). The molecule has 1 atom stereocenters. The van der Waals surface area contributed by atoms with Crippen molar-refractivity contribution in [3.63, 3.8) is 0 Å². The van der Waals surface area contributed by atoms with Crippen molar-refractivity contribution in [3.8, 4) is 0 Å². The van der Waals surface area contributed by atoms with Gasteiger partial charge < -0.3 is 10.2 Å². The van der Waals surface area contributed by atoms with Crippen LogP contribution in [0.1, 0.15) is 6.42 Å². The summed E-state index contributed by atoms with van der Waals surface area (Å²) in [5.41, 5.74) is 0. The van der Waals surface area contributed by atoms with E-state index in [-0.39, 0.29) is 0 Å². The summed E-state index contributed by atoms with van der Waals surface area (Å²) in [7, 11) is 0. The van der Waals surface area contributed by atoms with Gasteiger partial charge in [-0.25, -0.2) is 4.79 Å². The maximum absolute atomic E-state index is 10.5. The van der Waals surface area contributed by atoms with Gasteiger partial charge in [-0.2, -0.15) is 0 Å². The molecule has 0 aromatic carbocycles. The standard InChI is InChI=1S/C6H5O6/c7-2-1-3(5(9)10)4(8)6(11)12/h3H,1H2,(H,9,10)(H,11,12). The largest absolute Gasteiger partial charge is 0.481 e. The van der Waals surface area contributed by atoms with Crippen LogP contribution in [-0.4, -0.2) is 34.2 Å². The van der Waals surface area contributed by atoms with Crippen molar-refractivity contribution < 1.29 is 29.4 Å². The Labute approximate surface area is 66.8 Å². The SMILES string of the molecule is O=[C]CC(C(=O)O)C(=O)C(=O)O. The number of ketones is 1. The van der Waals surface area contributed by atoms with Crippen molar-refractivity contribution in [2.45, 2.75) is 6.42 Å². The first-order valence-corrected chi connectivity index (χ1v) is 2.85. The van der Waals surface area contributed by atoms with Crippen LogP contribution in [0.5, 0.6) is 0 Å². The van der Waals surface area contributed by atoms with Crippen molar-refractivity contribution in [1.29, 1.82) is 0 Å². The molecule has 0 amide bonds. The molecule has 0 aromatic heterocycles. The number of carbonyl (C=O) groups is 3. The van der Waals surface area contributed by atoms with E-state index in [9.17, 15) is 19.2 Å². The second-order valence-corrected chi connectivity index (χ2v) is 1.91. The Balaban J connectivity index is 4.50. The van der Waals surface area contributed by atoms with E-state index in [1.54, 1.807) is 0 Å². The molecule has 0 saturated heterocycles. The van der Waals surface area contributed by atoms with Gasteiger partial charge in [0.25, 0.3) is 5.78 Å². The predicted octanol–water partition coefficient (Wildman–Crippen LogP) is -1.16. The topological polar surface area (TPSA) is 109 Å². The zero-order valence-corrected chi connectivity index (χ0v) is 5.81. The van der Waals surface area contributed by atoms with Crippen LogP contribution in [0.4, 0.5) is 0 Å². The summed E-state index contributed by atoms with van der Waals surface area (Å²) in [6.07, 6.45) is 0.434. The Morgan fingerprint density at radius 2 is 1.75 bits per heavy atom. The van der Waals surface area contributed by atoms with E-state index >= 15 is 0 Å². The van der Waals surface area contributed by atoms with Crippen LogP contribution in [-0.2, 0) is 19.2 Å². The zero-order chi connectivity index (χ0) is 9.72. The molecular weight excluding hydrogens is 168 g/mol. The minimum absolute atomic E-state index is 0.736. The summed E-state index contributed by atoms with van der Waals surface area (Å²) in [5.74, 6) is -6.82. The molecule has 65 valence electrons. The van der Waals surface area contributed by atoms with E-state index < -0.39 is 30.1 Å². The van der Waals surface area contributed by atoms with Crippen LogP contribution in [0.3, 0.4) is 0 Å². The molecule has 0 aromatic rings. The summed E-state index contributed by atoms with van der Waals surface area (Å²) < 4.78 is 0. The summed E-state index contributed by atoms with van der Waals surface area (Å²) in [5, 5.41) is 16.3. The van der Waals surface area contributed by atoms with Gasteiger partial charge in [-0.1, -0.05) is 0 Å². The highest BCUT2D eigenvalue weighted by Gasteiger charge is 2.30. The first-order valence-electron chi connectivity index (χ1n) is 2.85. The van der Waals surface area contributed by atoms with Gasteiger partial charge in [-0.05, 0) is 0 Å². The highest BCUT2D eigenvalue weighted by molar-refractivity contribution is 6.37. The molecule has 1 radical (unpaired) electrons. The predicted molar refractivity (Wildman–Crippen MR) is 34.1 cm³/mol. The summed E-state index contributed by atoms with van der Waals surface area (Å²) >= 11 is 0. The van der Waals surface area contributed by atoms with Gasteiger partial charge in [0, 0.05) is 6.42 Å². The first-order chi connectivity index (χ1) is 5.50. The number of carboxylic acids is 2. The van der Waals surface area contributed by atoms with E-state index in [0.29, 0.717) is 0 Å². The van der Waals surface area contributed by atoms with Crippen LogP contribution in [0.15, 0.2) is 0 Å². The second kappa shape index (κ2) is 4.22. The molecule has 0 spiro atoms. The number of carboxylic acid groups (broad SMARTS) is 2. The minimum Gasteiger partial charge on any atom is -0.481 e. The van der Waals surface area contributed by atoms with Crippen molar-refractivity contribution in [2.24, 2.45) is 5.92 Å². The van der Waals surface area contributed by atoms with Crippen molar-refractivity contribution in [1.82, 2.24) is 0 Å². The smallest absolute Gasteiger partial charge is 0.373 e. The van der Waals surface area contributed by atoms with Gasteiger partial charge in [-0.15, -0.1) is 0 Å². The molecule has 0 saturated carbocycles. The van der Waals surface area contributed by atoms with Crippen LogP contribution >= 0.6 is 0 Å². The lowest BCUT2D eigenvalue weighted by molar-refractivity contribution is -0.156. The maximum Gasteiger partial charge on any atom is 0.373 e. The Kier molecular flexibility index (Phi) is 3.61. The van der Waals surface area contributed by atoms with Gasteiger partial charge >= 0.3 is 11.9 Å². The van der Waals surface area contributed by atoms with Crippen molar-refractivity contribution >= 4 is 24.0 Å². The van der Waals surface area contributed by atoms with Gasteiger partial charge in [0.05, 0.1) is 0 Å². The van der Waals surface area contributed by atoms with Gasteiger partial charge in [0.15, 0.2) is 6.29 Å². The molecule has 6 nitrogen and oxygen atoms in total. The van der Waals surface area contributed by atoms with Gasteiger partial charge in [0.2, 0.25) is 0 Å². The minimum atomic E-state index is -1.86. The van der Waals surface area contributed by atoms with Gasteiger partial charge in [-0.3, -0.25) is 14.4 Å². The molecular formula is C6H5O6. The van der Waals surface area contributed by atoms with Crippen LogP contribution < -0.4 is 0 Å². The zero-order valence-electron chi connectivity index (χ0n) is 5.81. The fourth-order valence-electron chi connectivity index (χ4n) is 0.525. The number of Topliss-reactive ketones (excluding diaryl/α,β-unsaturated/α-hetero) is 1. The molecule has 0 bridgehead atoms. The third kappa shape index (κ3) is 2.49. The molecule has 0 fully saturated rings. The Morgan fingerprint density at radius 3 is 2.00 bits per heavy atom. The van der Waals surface area contributed by atoms with E-state index in [0.717, 1.165) is 0 Å². The lowest BCUT2D eigenvalue weighted by Gasteiger charge is -2.01. The fraction of sp³-hybridized carbons (Fsp3) is 0.333. The number of rotatable bonds is 5. The van der Waals surface area contributed by atoms with Crippen molar-refractivity contribution in [3.05, 3.63) is 0 Å². The molecule has 6 heteroatoms. The lowest BCUT2D eigenvalue weighted by atomic mass is 10.0. The van der Waals surface area contributed by atoms with Crippen LogP contribution in [0.2, 0.25) is 0 Å². The molecule has 12 heavy (non-hydrogen) atoms. The maximum atomic E-state index is 10.5. The number of carbonyl (C=O) groups excluding carboxylic acids is 2. The average molecular weight is 173 g/mol. The summed E-state index contributed by atoms with van der Waals surface area (Å²) in [4.78, 5) is 40.4. The van der Waals surface area contributed by atoms with Crippen LogP contribution in [0, 0.1) is 5.92 Å². The van der Waals surface area contributed by atoms with Gasteiger partial charge in [0.1, 0.15) is 5.92 Å². The third-order valence-electron chi connectivity index (χ3n) is 1.11. The Bertz CT molecular complexity index is 230.